The molecule has 1 rings (SSSR count). The molecule has 68 valence electrons. The van der Waals surface area contributed by atoms with Crippen molar-refractivity contribution in [1.29, 1.82) is 0 Å². The lowest BCUT2D eigenvalue weighted by molar-refractivity contribution is 0.0531. The summed E-state index contributed by atoms with van der Waals surface area (Å²) in [5.41, 5.74) is 0. The lowest BCUT2D eigenvalue weighted by Crippen LogP contribution is -2.24. The van der Waals surface area contributed by atoms with Gasteiger partial charge < -0.3 is 4.74 Å². The van der Waals surface area contributed by atoms with Crippen molar-refractivity contribution in [2.45, 2.75) is 33.6 Å². The van der Waals surface area contributed by atoms with Crippen LogP contribution in [0.5, 0.6) is 0 Å². The number of ether oxygens (including phenoxy) is 1. The van der Waals surface area contributed by atoms with E-state index in [1.165, 1.54) is 19.4 Å². The van der Waals surface area contributed by atoms with E-state index in [4.69, 9.17) is 4.74 Å². The fraction of sp³-hybridized carbons (Fsp3) is 1.00. The van der Waals surface area contributed by atoms with Crippen molar-refractivity contribution < 1.29 is 4.74 Å². The van der Waals surface area contributed by atoms with Gasteiger partial charge in [0.15, 0.2) is 0 Å². The van der Waals surface area contributed by atoms with Gasteiger partial charge in [0, 0.05) is 13.2 Å². The predicted molar refractivity (Wildman–Crippen MR) is 48.6 cm³/mol. The monoisotopic (exact) mass is 159 g/mol. The molecule has 0 N–H and O–H groups in total. The molecular formula is C9H21NO. The first-order chi connectivity index (χ1) is 5.43. The van der Waals surface area contributed by atoms with Gasteiger partial charge >= 0.3 is 0 Å². The molecule has 2 nitrogen and oxygen atoms in total. The van der Waals surface area contributed by atoms with Gasteiger partial charge in [-0.3, -0.25) is 4.90 Å². The third-order valence-corrected chi connectivity index (χ3v) is 1.73. The largest absolute Gasteiger partial charge is 0.366 e. The van der Waals surface area contributed by atoms with Crippen molar-refractivity contribution >= 4 is 0 Å². The molecule has 0 aromatic heterocycles. The van der Waals surface area contributed by atoms with E-state index < -0.39 is 0 Å². The Morgan fingerprint density at radius 3 is 2.64 bits per heavy atom. The Morgan fingerprint density at radius 1 is 1.27 bits per heavy atom. The van der Waals surface area contributed by atoms with Crippen LogP contribution < -0.4 is 0 Å². The Labute approximate surface area is 70.5 Å². The molecule has 0 spiro atoms. The van der Waals surface area contributed by atoms with Crippen LogP contribution in [0.1, 0.15) is 33.6 Å². The summed E-state index contributed by atoms with van der Waals surface area (Å²) in [7, 11) is 0. The van der Waals surface area contributed by atoms with Crippen molar-refractivity contribution in [3.05, 3.63) is 0 Å². The van der Waals surface area contributed by atoms with Crippen LogP contribution in [0, 0.1) is 0 Å². The molecule has 1 aliphatic rings. The Kier molecular flexibility index (Phi) is 7.96. The summed E-state index contributed by atoms with van der Waals surface area (Å²) < 4.78 is 5.32. The standard InChI is InChI=1S/C7H15NO.C2H6/c1-2-8-5-3-4-6-9-7-8;1-2/h2-7H2,1H3;1-2H3. The molecule has 0 aromatic rings. The van der Waals surface area contributed by atoms with Gasteiger partial charge in [-0.1, -0.05) is 20.8 Å². The second-order valence-electron chi connectivity index (χ2n) is 2.46. The molecule has 0 aromatic carbocycles. The third kappa shape index (κ3) is 5.22. The molecule has 0 saturated carbocycles. The van der Waals surface area contributed by atoms with Gasteiger partial charge in [0.2, 0.25) is 0 Å². The first kappa shape index (κ1) is 10.9. The predicted octanol–water partition coefficient (Wildman–Crippen LogP) is 2.10. The summed E-state index contributed by atoms with van der Waals surface area (Å²) in [4.78, 5) is 2.33. The van der Waals surface area contributed by atoms with Crippen LogP contribution >= 0.6 is 0 Å². The molecular weight excluding hydrogens is 138 g/mol. The highest BCUT2D eigenvalue weighted by molar-refractivity contribution is 4.53. The summed E-state index contributed by atoms with van der Waals surface area (Å²) >= 11 is 0. The van der Waals surface area contributed by atoms with Crippen LogP contribution in [0.3, 0.4) is 0 Å². The molecule has 1 heterocycles. The Bertz CT molecular complexity index is 68.0. The molecule has 0 bridgehead atoms. The van der Waals surface area contributed by atoms with Gasteiger partial charge in [-0.25, -0.2) is 0 Å². The smallest absolute Gasteiger partial charge is 0.0990 e. The molecule has 0 unspecified atom stereocenters. The van der Waals surface area contributed by atoms with Crippen LogP contribution in [-0.2, 0) is 4.74 Å². The fourth-order valence-corrected chi connectivity index (χ4v) is 1.05. The first-order valence-corrected chi connectivity index (χ1v) is 4.73. The van der Waals surface area contributed by atoms with Gasteiger partial charge in [-0.05, 0) is 19.4 Å². The minimum absolute atomic E-state index is 0.844. The average Bonchev–Trinajstić information content (AvgIpc) is 2.35. The number of hydrogen-bond acceptors (Lipinski definition) is 2. The molecule has 0 atom stereocenters. The van der Waals surface area contributed by atoms with E-state index in [2.05, 4.69) is 11.8 Å². The zero-order valence-electron chi connectivity index (χ0n) is 8.10. The normalized spacial score (nSPS) is 19.9. The maximum absolute atomic E-state index is 5.32. The van der Waals surface area contributed by atoms with E-state index in [9.17, 15) is 0 Å². The van der Waals surface area contributed by atoms with E-state index in [1.54, 1.807) is 0 Å². The minimum Gasteiger partial charge on any atom is -0.366 e. The second kappa shape index (κ2) is 8.02. The molecule has 1 saturated heterocycles. The van der Waals surface area contributed by atoms with Gasteiger partial charge in [0.25, 0.3) is 0 Å². The van der Waals surface area contributed by atoms with Crippen molar-refractivity contribution in [3.8, 4) is 0 Å². The van der Waals surface area contributed by atoms with Crippen LogP contribution in [-0.4, -0.2) is 31.3 Å². The first-order valence-electron chi connectivity index (χ1n) is 4.73. The van der Waals surface area contributed by atoms with Crippen LogP contribution in [0.15, 0.2) is 0 Å². The molecule has 1 aliphatic heterocycles. The molecule has 1 fully saturated rings. The molecule has 11 heavy (non-hydrogen) atoms. The Morgan fingerprint density at radius 2 is 2.00 bits per heavy atom. The van der Waals surface area contributed by atoms with Gasteiger partial charge in [0.05, 0.1) is 6.73 Å². The summed E-state index contributed by atoms with van der Waals surface area (Å²) in [6, 6.07) is 0. The maximum atomic E-state index is 5.32. The van der Waals surface area contributed by atoms with E-state index >= 15 is 0 Å². The Balaban J connectivity index is 0.000000461. The fourth-order valence-electron chi connectivity index (χ4n) is 1.05. The highest BCUT2D eigenvalue weighted by Gasteiger charge is 2.04. The van der Waals surface area contributed by atoms with E-state index in [1.807, 2.05) is 13.8 Å². The lowest BCUT2D eigenvalue weighted by atomic mass is 10.3. The Hall–Kier alpha value is -0.0800. The highest BCUT2D eigenvalue weighted by atomic mass is 16.5. The highest BCUT2D eigenvalue weighted by Crippen LogP contribution is 2.01. The summed E-state index contributed by atoms with van der Waals surface area (Å²) in [5.74, 6) is 0. The van der Waals surface area contributed by atoms with E-state index in [0.717, 1.165) is 19.9 Å². The quantitative estimate of drug-likeness (QED) is 0.581. The minimum atomic E-state index is 0.844. The topological polar surface area (TPSA) is 12.5 Å². The second-order valence-corrected chi connectivity index (χ2v) is 2.46. The van der Waals surface area contributed by atoms with Gasteiger partial charge in [-0.2, -0.15) is 0 Å². The zero-order chi connectivity index (χ0) is 8.53. The average molecular weight is 159 g/mol. The van der Waals surface area contributed by atoms with Crippen LogP contribution in [0.2, 0.25) is 0 Å². The number of nitrogens with zero attached hydrogens (tertiary/aromatic N) is 1. The number of rotatable bonds is 1. The van der Waals surface area contributed by atoms with Crippen molar-refractivity contribution in [2.24, 2.45) is 0 Å². The lowest BCUT2D eigenvalue weighted by Gasteiger charge is -2.15. The summed E-state index contributed by atoms with van der Waals surface area (Å²) in [6.07, 6.45) is 2.53. The van der Waals surface area contributed by atoms with Crippen molar-refractivity contribution in [2.75, 3.05) is 26.4 Å². The van der Waals surface area contributed by atoms with Gasteiger partial charge in [0.1, 0.15) is 0 Å². The van der Waals surface area contributed by atoms with Crippen LogP contribution in [0.25, 0.3) is 0 Å². The van der Waals surface area contributed by atoms with E-state index in [-0.39, 0.29) is 0 Å². The molecule has 2 heteroatoms. The van der Waals surface area contributed by atoms with Gasteiger partial charge in [-0.15, -0.1) is 0 Å². The van der Waals surface area contributed by atoms with E-state index in [0.29, 0.717) is 0 Å². The third-order valence-electron chi connectivity index (χ3n) is 1.73. The van der Waals surface area contributed by atoms with Crippen molar-refractivity contribution in [3.63, 3.8) is 0 Å². The maximum Gasteiger partial charge on any atom is 0.0990 e. The summed E-state index contributed by atoms with van der Waals surface area (Å²) in [5, 5.41) is 0. The molecule has 0 amide bonds. The van der Waals surface area contributed by atoms with Crippen LogP contribution in [0.4, 0.5) is 0 Å². The zero-order valence-corrected chi connectivity index (χ0v) is 8.10. The summed E-state index contributed by atoms with van der Waals surface area (Å²) in [6.45, 7) is 10.3. The molecule has 0 aliphatic carbocycles. The SMILES string of the molecule is CC.CCN1CCCCOC1. The number of hydrogen-bond donors (Lipinski definition) is 0. The molecule has 0 radical (unpaired) electrons. The van der Waals surface area contributed by atoms with Crippen molar-refractivity contribution in [1.82, 2.24) is 4.90 Å².